The van der Waals surface area contributed by atoms with E-state index in [0.29, 0.717) is 0 Å². The normalized spacial score (nSPS) is 13.4. The highest BCUT2D eigenvalue weighted by Crippen LogP contribution is 2.35. The molecule has 0 amide bonds. The predicted octanol–water partition coefficient (Wildman–Crippen LogP) is 4.94. The summed E-state index contributed by atoms with van der Waals surface area (Å²) in [6, 6.07) is 13.3. The standard InChI is InChI=1S/C18H17/c1-12-7-13(2)10-16(9-12)17-6-4-5-15-8-14(3)11-18(15)17/h4-11H,1-3H3. The van der Waals surface area contributed by atoms with Crippen LogP contribution in [0.5, 0.6) is 0 Å². The molecule has 0 bridgehead atoms. The van der Waals surface area contributed by atoms with Crippen molar-refractivity contribution in [3.63, 3.8) is 0 Å². The second kappa shape index (κ2) is 4.13. The summed E-state index contributed by atoms with van der Waals surface area (Å²) >= 11 is 0. The minimum atomic E-state index is 1.32. The second-order valence-corrected chi connectivity index (χ2v) is 5.22. The molecule has 0 heterocycles. The molecule has 0 atom stereocenters. The van der Waals surface area contributed by atoms with Crippen molar-refractivity contribution in [1.82, 2.24) is 0 Å². The van der Waals surface area contributed by atoms with Crippen molar-refractivity contribution in [2.24, 2.45) is 0 Å². The van der Waals surface area contributed by atoms with Crippen LogP contribution < -0.4 is 0 Å². The number of fused-ring (bicyclic) bond motifs is 1. The first kappa shape index (κ1) is 11.3. The van der Waals surface area contributed by atoms with Crippen LogP contribution in [-0.4, -0.2) is 0 Å². The van der Waals surface area contributed by atoms with Gasteiger partial charge in [-0.05, 0) is 43.0 Å². The number of aryl methyl sites for hydroxylation is 2. The highest BCUT2D eigenvalue weighted by molar-refractivity contribution is 5.83. The Bertz CT molecular complexity index is 625. The monoisotopic (exact) mass is 233 g/mol. The smallest absolute Gasteiger partial charge is 0.0161 e. The van der Waals surface area contributed by atoms with E-state index in [2.05, 4.69) is 69.7 Å². The summed E-state index contributed by atoms with van der Waals surface area (Å²) in [6.45, 7) is 6.48. The lowest BCUT2D eigenvalue weighted by molar-refractivity contribution is 1.38. The van der Waals surface area contributed by atoms with Crippen molar-refractivity contribution in [3.8, 4) is 11.1 Å². The molecular formula is C18H17. The third-order valence-electron chi connectivity index (χ3n) is 3.43. The molecule has 18 heavy (non-hydrogen) atoms. The first-order chi connectivity index (χ1) is 8.63. The number of hydrogen-bond donors (Lipinski definition) is 0. The van der Waals surface area contributed by atoms with Crippen LogP contribution in [0.25, 0.3) is 17.2 Å². The average molecular weight is 233 g/mol. The highest BCUT2D eigenvalue weighted by atomic mass is 14.2. The molecule has 0 aliphatic heterocycles. The van der Waals surface area contributed by atoms with E-state index in [0.717, 1.165) is 0 Å². The molecule has 1 radical (unpaired) electrons. The third kappa shape index (κ3) is 1.88. The van der Waals surface area contributed by atoms with Crippen molar-refractivity contribution >= 4 is 6.08 Å². The van der Waals surface area contributed by atoms with Crippen LogP contribution in [-0.2, 0) is 0 Å². The molecule has 0 saturated heterocycles. The van der Waals surface area contributed by atoms with Crippen molar-refractivity contribution in [1.29, 1.82) is 0 Å². The zero-order chi connectivity index (χ0) is 12.7. The molecule has 3 rings (SSSR count). The van der Waals surface area contributed by atoms with Crippen LogP contribution in [0.2, 0.25) is 0 Å². The van der Waals surface area contributed by atoms with E-state index < -0.39 is 0 Å². The van der Waals surface area contributed by atoms with Crippen LogP contribution >= 0.6 is 0 Å². The zero-order valence-corrected chi connectivity index (χ0v) is 11.1. The summed E-state index contributed by atoms with van der Waals surface area (Å²) in [4.78, 5) is 0. The second-order valence-electron chi connectivity index (χ2n) is 5.22. The maximum atomic E-state index is 2.28. The van der Waals surface area contributed by atoms with E-state index in [-0.39, 0.29) is 0 Å². The molecule has 0 N–H and O–H groups in total. The lowest BCUT2D eigenvalue weighted by Gasteiger charge is -2.09. The molecule has 0 nitrogen and oxygen atoms in total. The summed E-state index contributed by atoms with van der Waals surface area (Å²) in [5.74, 6) is 0. The Hall–Kier alpha value is -1.82. The molecule has 89 valence electrons. The molecular weight excluding hydrogens is 216 g/mol. The van der Waals surface area contributed by atoms with Crippen LogP contribution in [0.3, 0.4) is 0 Å². The summed E-state index contributed by atoms with van der Waals surface area (Å²) in [5.41, 5.74) is 9.35. The Morgan fingerprint density at radius 3 is 2.28 bits per heavy atom. The Morgan fingerprint density at radius 2 is 1.56 bits per heavy atom. The Balaban J connectivity index is 2.21. The van der Waals surface area contributed by atoms with Gasteiger partial charge in [-0.15, -0.1) is 0 Å². The van der Waals surface area contributed by atoms with Gasteiger partial charge in [-0.3, -0.25) is 0 Å². The topological polar surface area (TPSA) is 0 Å². The number of allylic oxidation sites excluding steroid dienone is 1. The molecule has 0 aromatic heterocycles. The fraction of sp³-hybridized carbons (Fsp3) is 0.167. The van der Waals surface area contributed by atoms with Gasteiger partial charge in [-0.1, -0.05) is 59.2 Å². The fourth-order valence-corrected chi connectivity index (χ4v) is 2.77. The van der Waals surface area contributed by atoms with Crippen LogP contribution in [0, 0.1) is 20.3 Å². The number of benzene rings is 2. The summed E-state index contributed by atoms with van der Waals surface area (Å²) in [6.07, 6.45) is 4.53. The van der Waals surface area contributed by atoms with Crippen molar-refractivity contribution < 1.29 is 0 Å². The Labute approximate surface area is 109 Å². The molecule has 1 aliphatic rings. The van der Waals surface area contributed by atoms with Crippen molar-refractivity contribution in [2.75, 3.05) is 0 Å². The first-order valence-corrected chi connectivity index (χ1v) is 6.38. The van der Waals surface area contributed by atoms with Gasteiger partial charge in [0, 0.05) is 6.42 Å². The van der Waals surface area contributed by atoms with Crippen LogP contribution in [0.1, 0.15) is 29.2 Å². The summed E-state index contributed by atoms with van der Waals surface area (Å²) in [7, 11) is 0. The molecule has 0 spiro atoms. The Morgan fingerprint density at radius 1 is 0.833 bits per heavy atom. The molecule has 2 aromatic carbocycles. The van der Waals surface area contributed by atoms with Gasteiger partial charge < -0.3 is 0 Å². The van der Waals surface area contributed by atoms with E-state index in [4.69, 9.17) is 0 Å². The van der Waals surface area contributed by atoms with Gasteiger partial charge in [0.2, 0.25) is 0 Å². The molecule has 0 saturated carbocycles. The Kier molecular flexibility index (Phi) is 2.59. The minimum Gasteiger partial charge on any atom is -0.0642 e. The van der Waals surface area contributed by atoms with E-state index in [1.807, 2.05) is 0 Å². The maximum Gasteiger partial charge on any atom is 0.0161 e. The quantitative estimate of drug-likeness (QED) is 0.654. The maximum absolute atomic E-state index is 2.28. The van der Waals surface area contributed by atoms with Crippen molar-refractivity contribution in [2.45, 2.75) is 20.8 Å². The zero-order valence-electron chi connectivity index (χ0n) is 11.1. The largest absolute Gasteiger partial charge is 0.0642 e. The SMILES string of the molecule is CC1=Cc2c(cccc2-c2cc(C)cc(C)c2)[CH]1. The molecule has 0 heteroatoms. The first-order valence-electron chi connectivity index (χ1n) is 6.38. The van der Waals surface area contributed by atoms with E-state index >= 15 is 0 Å². The molecule has 1 aliphatic carbocycles. The van der Waals surface area contributed by atoms with Gasteiger partial charge in [0.15, 0.2) is 0 Å². The van der Waals surface area contributed by atoms with Gasteiger partial charge >= 0.3 is 0 Å². The highest BCUT2D eigenvalue weighted by Gasteiger charge is 2.14. The lowest BCUT2D eigenvalue weighted by Crippen LogP contribution is -1.88. The predicted molar refractivity (Wildman–Crippen MR) is 78.4 cm³/mol. The average Bonchev–Trinajstić information content (AvgIpc) is 2.67. The van der Waals surface area contributed by atoms with Gasteiger partial charge in [-0.25, -0.2) is 0 Å². The van der Waals surface area contributed by atoms with E-state index in [1.165, 1.54) is 39.0 Å². The minimum absolute atomic E-state index is 1.32. The number of hydrogen-bond acceptors (Lipinski definition) is 0. The van der Waals surface area contributed by atoms with Crippen LogP contribution in [0.15, 0.2) is 42.0 Å². The number of rotatable bonds is 1. The van der Waals surface area contributed by atoms with Gasteiger partial charge in [0.05, 0.1) is 0 Å². The summed E-state index contributed by atoms with van der Waals surface area (Å²) < 4.78 is 0. The van der Waals surface area contributed by atoms with Crippen molar-refractivity contribution in [3.05, 3.63) is 70.6 Å². The van der Waals surface area contributed by atoms with E-state index in [1.54, 1.807) is 0 Å². The molecule has 0 fully saturated rings. The van der Waals surface area contributed by atoms with Crippen LogP contribution in [0.4, 0.5) is 0 Å². The lowest BCUT2D eigenvalue weighted by atomic mass is 9.95. The third-order valence-corrected chi connectivity index (χ3v) is 3.43. The molecule has 0 unspecified atom stereocenters. The van der Waals surface area contributed by atoms with Gasteiger partial charge in [-0.2, -0.15) is 0 Å². The van der Waals surface area contributed by atoms with Gasteiger partial charge in [0.25, 0.3) is 0 Å². The fourth-order valence-electron chi connectivity index (χ4n) is 2.77. The van der Waals surface area contributed by atoms with E-state index in [9.17, 15) is 0 Å². The molecule has 2 aromatic rings. The summed E-state index contributed by atoms with van der Waals surface area (Å²) in [5, 5.41) is 0. The van der Waals surface area contributed by atoms with Gasteiger partial charge in [0.1, 0.15) is 0 Å².